The molecule has 0 aliphatic carbocycles. The van der Waals surface area contributed by atoms with Gasteiger partial charge in [0.05, 0.1) is 13.7 Å². The van der Waals surface area contributed by atoms with Crippen molar-refractivity contribution in [2.45, 2.75) is 25.9 Å². The van der Waals surface area contributed by atoms with Crippen molar-refractivity contribution in [1.82, 2.24) is 19.7 Å². The smallest absolute Gasteiger partial charge is 0.246 e. The standard InChI is InChI=1S/C17H20N4O2/c1-20(12-16-19-18-15-7-4-10-21(15)16)17(22)9-8-13-5-3-6-14(11-13)23-2/h3,5-6,8-9,11H,4,7,10,12H2,1-2H3/b9-8+. The van der Waals surface area contributed by atoms with Crippen LogP contribution in [0.3, 0.4) is 0 Å². The number of rotatable bonds is 5. The minimum absolute atomic E-state index is 0.0665. The molecule has 0 unspecified atom stereocenters. The van der Waals surface area contributed by atoms with Crippen LogP contribution in [0.15, 0.2) is 30.3 Å². The number of methoxy groups -OCH3 is 1. The number of fused-ring (bicyclic) bond motifs is 1. The first kappa shape index (κ1) is 15.3. The van der Waals surface area contributed by atoms with Crippen LogP contribution in [0.2, 0.25) is 0 Å². The number of ether oxygens (including phenoxy) is 1. The molecule has 0 spiro atoms. The van der Waals surface area contributed by atoms with E-state index in [-0.39, 0.29) is 5.91 Å². The van der Waals surface area contributed by atoms with Crippen molar-refractivity contribution in [3.8, 4) is 5.75 Å². The lowest BCUT2D eigenvalue weighted by atomic mass is 10.2. The van der Waals surface area contributed by atoms with Gasteiger partial charge >= 0.3 is 0 Å². The Hall–Kier alpha value is -2.63. The topological polar surface area (TPSA) is 60.2 Å². The number of hydrogen-bond donors (Lipinski definition) is 0. The van der Waals surface area contributed by atoms with Crippen LogP contribution in [0.1, 0.15) is 23.6 Å². The molecule has 0 atom stereocenters. The van der Waals surface area contributed by atoms with Gasteiger partial charge in [-0.1, -0.05) is 12.1 Å². The fourth-order valence-electron chi connectivity index (χ4n) is 2.66. The van der Waals surface area contributed by atoms with Gasteiger partial charge in [0.1, 0.15) is 11.6 Å². The number of aromatic nitrogens is 3. The lowest BCUT2D eigenvalue weighted by molar-refractivity contribution is -0.125. The highest BCUT2D eigenvalue weighted by molar-refractivity contribution is 5.91. The lowest BCUT2D eigenvalue weighted by Gasteiger charge is -2.14. The monoisotopic (exact) mass is 312 g/mol. The molecule has 0 bridgehead atoms. The van der Waals surface area contributed by atoms with E-state index in [1.165, 1.54) is 0 Å². The summed E-state index contributed by atoms with van der Waals surface area (Å²) in [6.07, 6.45) is 5.43. The molecule has 0 saturated heterocycles. The highest BCUT2D eigenvalue weighted by Crippen LogP contribution is 2.16. The van der Waals surface area contributed by atoms with Gasteiger partial charge in [0.25, 0.3) is 0 Å². The van der Waals surface area contributed by atoms with Gasteiger partial charge in [-0.3, -0.25) is 4.79 Å². The van der Waals surface area contributed by atoms with Crippen LogP contribution in [0, 0.1) is 0 Å². The van der Waals surface area contributed by atoms with Crippen LogP contribution in [0.4, 0.5) is 0 Å². The summed E-state index contributed by atoms with van der Waals surface area (Å²) in [5, 5.41) is 8.34. The Morgan fingerprint density at radius 3 is 3.13 bits per heavy atom. The van der Waals surface area contributed by atoms with Crippen LogP contribution in [-0.4, -0.2) is 39.7 Å². The predicted molar refractivity (Wildman–Crippen MR) is 86.8 cm³/mol. The molecule has 3 rings (SSSR count). The van der Waals surface area contributed by atoms with Crippen molar-refractivity contribution in [1.29, 1.82) is 0 Å². The minimum Gasteiger partial charge on any atom is -0.497 e. The summed E-state index contributed by atoms with van der Waals surface area (Å²) in [6, 6.07) is 7.58. The molecule has 1 aliphatic rings. The first-order valence-electron chi connectivity index (χ1n) is 7.65. The second-order valence-electron chi connectivity index (χ2n) is 5.59. The van der Waals surface area contributed by atoms with Crippen molar-refractivity contribution < 1.29 is 9.53 Å². The third-order valence-electron chi connectivity index (χ3n) is 3.95. The number of amides is 1. The molecule has 1 amide bonds. The first-order valence-corrected chi connectivity index (χ1v) is 7.65. The maximum Gasteiger partial charge on any atom is 0.246 e. The van der Waals surface area contributed by atoms with Gasteiger partial charge < -0.3 is 14.2 Å². The van der Waals surface area contributed by atoms with Crippen LogP contribution in [0.25, 0.3) is 6.08 Å². The van der Waals surface area contributed by atoms with E-state index in [2.05, 4.69) is 14.8 Å². The quantitative estimate of drug-likeness (QED) is 0.791. The molecule has 0 fully saturated rings. The molecule has 1 aromatic carbocycles. The van der Waals surface area contributed by atoms with Crippen molar-refractivity contribution >= 4 is 12.0 Å². The fourth-order valence-corrected chi connectivity index (χ4v) is 2.66. The molecule has 1 aliphatic heterocycles. The van der Waals surface area contributed by atoms with E-state index < -0.39 is 0 Å². The van der Waals surface area contributed by atoms with Gasteiger partial charge in [-0.05, 0) is 30.2 Å². The normalized spacial score (nSPS) is 13.3. The van der Waals surface area contributed by atoms with Crippen molar-refractivity contribution in [3.05, 3.63) is 47.6 Å². The van der Waals surface area contributed by atoms with E-state index in [4.69, 9.17) is 4.74 Å². The third kappa shape index (κ3) is 3.41. The maximum absolute atomic E-state index is 12.2. The van der Waals surface area contributed by atoms with Gasteiger partial charge in [0, 0.05) is 26.1 Å². The van der Waals surface area contributed by atoms with Crippen LogP contribution in [-0.2, 0) is 24.3 Å². The second-order valence-corrected chi connectivity index (χ2v) is 5.59. The average molecular weight is 312 g/mol. The van der Waals surface area contributed by atoms with Gasteiger partial charge in [-0.15, -0.1) is 10.2 Å². The Morgan fingerprint density at radius 1 is 1.43 bits per heavy atom. The zero-order valence-electron chi connectivity index (χ0n) is 13.4. The second kappa shape index (κ2) is 6.64. The van der Waals surface area contributed by atoms with E-state index >= 15 is 0 Å². The molecule has 0 radical (unpaired) electrons. The summed E-state index contributed by atoms with van der Waals surface area (Å²) in [4.78, 5) is 13.9. The molecular formula is C17H20N4O2. The first-order chi connectivity index (χ1) is 11.2. The van der Waals surface area contributed by atoms with E-state index in [1.54, 1.807) is 31.2 Å². The molecule has 0 N–H and O–H groups in total. The van der Waals surface area contributed by atoms with Gasteiger partial charge in [0.2, 0.25) is 5.91 Å². The SMILES string of the molecule is COc1cccc(/C=C/C(=O)N(C)Cc2nnc3n2CCC3)c1. The molecule has 120 valence electrons. The molecular weight excluding hydrogens is 292 g/mol. The van der Waals surface area contributed by atoms with Gasteiger partial charge in [0.15, 0.2) is 5.82 Å². The Morgan fingerprint density at radius 2 is 2.30 bits per heavy atom. The summed E-state index contributed by atoms with van der Waals surface area (Å²) in [5.74, 6) is 2.58. The summed E-state index contributed by atoms with van der Waals surface area (Å²) in [7, 11) is 3.40. The number of aryl methyl sites for hydroxylation is 1. The molecule has 0 saturated carbocycles. The van der Waals surface area contributed by atoms with E-state index in [9.17, 15) is 4.79 Å². The zero-order valence-corrected chi connectivity index (χ0v) is 13.4. The maximum atomic E-state index is 12.2. The number of carbonyl (C=O) groups excluding carboxylic acids is 1. The number of nitrogens with zero attached hydrogens (tertiary/aromatic N) is 4. The minimum atomic E-state index is -0.0665. The summed E-state index contributed by atoms with van der Waals surface area (Å²) in [5.41, 5.74) is 0.925. The largest absolute Gasteiger partial charge is 0.497 e. The summed E-state index contributed by atoms with van der Waals surface area (Å²) >= 11 is 0. The summed E-state index contributed by atoms with van der Waals surface area (Å²) in [6.45, 7) is 1.41. The molecule has 6 heteroatoms. The lowest BCUT2D eigenvalue weighted by Crippen LogP contribution is -2.25. The molecule has 6 nitrogen and oxygen atoms in total. The predicted octanol–water partition coefficient (Wildman–Crippen LogP) is 1.90. The molecule has 2 aromatic rings. The fraction of sp³-hybridized carbons (Fsp3) is 0.353. The van der Waals surface area contributed by atoms with Gasteiger partial charge in [-0.25, -0.2) is 0 Å². The van der Waals surface area contributed by atoms with Crippen molar-refractivity contribution in [3.63, 3.8) is 0 Å². The Kier molecular flexibility index (Phi) is 4.41. The van der Waals surface area contributed by atoms with Gasteiger partial charge in [-0.2, -0.15) is 0 Å². The number of likely N-dealkylation sites (N-methyl/N-ethyl adjacent to an activating group) is 1. The Labute approximate surface area is 135 Å². The number of benzene rings is 1. The van der Waals surface area contributed by atoms with E-state index in [1.807, 2.05) is 24.3 Å². The van der Waals surface area contributed by atoms with Crippen molar-refractivity contribution in [2.75, 3.05) is 14.2 Å². The Balaban J connectivity index is 1.64. The number of hydrogen-bond acceptors (Lipinski definition) is 4. The van der Waals surface area contributed by atoms with Crippen LogP contribution >= 0.6 is 0 Å². The molecule has 2 heterocycles. The highest BCUT2D eigenvalue weighted by Gasteiger charge is 2.19. The zero-order chi connectivity index (χ0) is 16.2. The van der Waals surface area contributed by atoms with Crippen molar-refractivity contribution in [2.24, 2.45) is 0 Å². The highest BCUT2D eigenvalue weighted by atomic mass is 16.5. The third-order valence-corrected chi connectivity index (χ3v) is 3.95. The number of carbonyl (C=O) groups is 1. The van der Waals surface area contributed by atoms with E-state index in [0.717, 1.165) is 42.3 Å². The van der Waals surface area contributed by atoms with Crippen LogP contribution in [0.5, 0.6) is 5.75 Å². The molecule has 1 aromatic heterocycles. The average Bonchev–Trinajstić information content (AvgIpc) is 3.17. The van der Waals surface area contributed by atoms with Crippen LogP contribution < -0.4 is 4.74 Å². The van der Waals surface area contributed by atoms with E-state index in [0.29, 0.717) is 6.54 Å². The molecule has 23 heavy (non-hydrogen) atoms. The summed E-state index contributed by atoms with van der Waals surface area (Å²) < 4.78 is 7.28. The Bertz CT molecular complexity index is 736.